The van der Waals surface area contributed by atoms with Crippen LogP contribution in [0.1, 0.15) is 0 Å². The topological polar surface area (TPSA) is 517 Å². The van der Waals surface area contributed by atoms with E-state index in [2.05, 4.69) is 4.18 Å². The zero-order valence-corrected chi connectivity index (χ0v) is 28.0. The van der Waals surface area contributed by atoms with Crippen LogP contribution in [0, 0.1) is 0 Å². The van der Waals surface area contributed by atoms with E-state index in [1.54, 1.807) is 0 Å². The first kappa shape index (κ1) is 51.9. The van der Waals surface area contributed by atoms with E-state index >= 15 is 0 Å². The molecule has 19 atom stereocenters. The van der Waals surface area contributed by atoms with Crippen molar-refractivity contribution in [1.82, 2.24) is 0 Å². The Kier molecular flexibility index (Phi) is 20.5. The lowest BCUT2D eigenvalue weighted by atomic mass is 9.98. The van der Waals surface area contributed by atoms with Crippen molar-refractivity contribution >= 4 is 10.4 Å². The summed E-state index contributed by atoms with van der Waals surface area (Å²) in [5.41, 5.74) is 0. The summed E-state index contributed by atoms with van der Waals surface area (Å²) in [5, 5.41) is 132. The van der Waals surface area contributed by atoms with Crippen molar-refractivity contribution < 1.29 is 139 Å². The standard InChI is InChI=1S/C24H42O24S.4H2O/c25-1-6-10(28)14(32)17(35)21(43-6)41-3-8-11(29)15(33)18(36)22(44-8)42-4-9-12(30)16(34)19(48-49(38,39)40)23(45-9)47-24(5-27)20(37)13(31)7(2-26)46-24;;;;/h6-23,25-37H,1-5H2,(H,38,39,40);4*1H2/t6-,7-,8-,9-,10+,11+,12-,13-,14+,15+,16+,17-,18-,19-,20+,21+,22+,23-,24+;;;;/m1..../s1. The number of aliphatic hydroxyl groups is 13. The van der Waals surface area contributed by atoms with Gasteiger partial charge in [-0.1, -0.05) is 0 Å². The lowest BCUT2D eigenvalue weighted by Gasteiger charge is -2.45. The lowest BCUT2D eigenvalue weighted by Crippen LogP contribution is -2.64. The van der Waals surface area contributed by atoms with Gasteiger partial charge in [0.15, 0.2) is 25.0 Å². The molecule has 4 saturated heterocycles. The van der Waals surface area contributed by atoms with Crippen molar-refractivity contribution in [3.8, 4) is 0 Å². The van der Waals surface area contributed by atoms with E-state index in [9.17, 15) is 79.4 Å². The zero-order valence-electron chi connectivity index (χ0n) is 27.2. The minimum atomic E-state index is -5.41. The number of rotatable bonds is 13. The van der Waals surface area contributed by atoms with Gasteiger partial charge in [0.25, 0.3) is 0 Å². The van der Waals surface area contributed by atoms with Crippen LogP contribution in [-0.4, -0.2) is 251 Å². The Bertz CT molecular complexity index is 1170. The highest BCUT2D eigenvalue weighted by atomic mass is 32.3. The molecule has 4 rings (SSSR count). The van der Waals surface area contributed by atoms with Crippen molar-refractivity contribution in [2.24, 2.45) is 0 Å². The van der Waals surface area contributed by atoms with Gasteiger partial charge in [-0.15, -0.1) is 0 Å². The number of hydrogen-bond acceptors (Lipinski definition) is 23. The molecule has 0 aromatic heterocycles. The predicted octanol–water partition coefficient (Wildman–Crippen LogP) is -13.2. The molecule has 320 valence electrons. The third-order valence-electron chi connectivity index (χ3n) is 8.47. The highest BCUT2D eigenvalue weighted by Crippen LogP contribution is 2.37. The Morgan fingerprint density at radius 3 is 1.36 bits per heavy atom. The number of aliphatic hydroxyl groups excluding tert-OH is 13. The van der Waals surface area contributed by atoms with Crippen molar-refractivity contribution in [2.45, 2.75) is 116 Å². The Balaban J connectivity index is 0.00000676. The molecule has 28 nitrogen and oxygen atoms in total. The third kappa shape index (κ3) is 11.1. The molecule has 0 aliphatic carbocycles. The van der Waals surface area contributed by atoms with Gasteiger partial charge in [-0.05, 0) is 0 Å². The molecule has 0 unspecified atom stereocenters. The largest absolute Gasteiger partial charge is 0.412 e. The van der Waals surface area contributed by atoms with Gasteiger partial charge in [0.05, 0.1) is 26.4 Å². The highest BCUT2D eigenvalue weighted by molar-refractivity contribution is 7.80. The summed E-state index contributed by atoms with van der Waals surface area (Å²) in [6.07, 6.45) is -34.0. The Hall–Kier alpha value is -1.09. The van der Waals surface area contributed by atoms with Crippen molar-refractivity contribution in [3.63, 3.8) is 0 Å². The van der Waals surface area contributed by atoms with Crippen LogP contribution in [0.2, 0.25) is 0 Å². The van der Waals surface area contributed by atoms with E-state index in [1.807, 2.05) is 0 Å². The molecule has 0 spiro atoms. The van der Waals surface area contributed by atoms with Crippen LogP contribution < -0.4 is 0 Å². The molecule has 0 amide bonds. The van der Waals surface area contributed by atoms with Crippen LogP contribution in [0.4, 0.5) is 0 Å². The maximum Gasteiger partial charge on any atom is 0.397 e. The first-order valence-corrected chi connectivity index (χ1v) is 16.1. The van der Waals surface area contributed by atoms with Gasteiger partial charge in [-0.25, -0.2) is 4.18 Å². The summed E-state index contributed by atoms with van der Waals surface area (Å²) >= 11 is 0. The summed E-state index contributed by atoms with van der Waals surface area (Å²) in [5.74, 6) is -2.65. The van der Waals surface area contributed by atoms with E-state index in [1.165, 1.54) is 0 Å². The minimum absolute atomic E-state index is 0. The monoisotopic (exact) mass is 818 g/mol. The van der Waals surface area contributed by atoms with Crippen LogP contribution in [0.15, 0.2) is 0 Å². The van der Waals surface area contributed by atoms with Crippen molar-refractivity contribution in [2.75, 3.05) is 33.0 Å². The van der Waals surface area contributed by atoms with Crippen LogP contribution >= 0.6 is 0 Å². The summed E-state index contributed by atoms with van der Waals surface area (Å²) in [6, 6.07) is 0. The van der Waals surface area contributed by atoms with Gasteiger partial charge in [0.1, 0.15) is 92.1 Å². The summed E-state index contributed by atoms with van der Waals surface area (Å²) in [6.45, 7) is -4.55. The number of ether oxygens (including phenoxy) is 7. The molecule has 0 bridgehead atoms. The predicted molar refractivity (Wildman–Crippen MR) is 159 cm³/mol. The molecule has 22 N–H and O–H groups in total. The van der Waals surface area contributed by atoms with Gasteiger partial charge in [-0.3, -0.25) is 4.55 Å². The molecular weight excluding hydrogens is 768 g/mol. The summed E-state index contributed by atoms with van der Waals surface area (Å²) < 4.78 is 74.1. The van der Waals surface area contributed by atoms with E-state index in [4.69, 9.17) is 33.2 Å². The first-order chi connectivity index (χ1) is 22.9. The van der Waals surface area contributed by atoms with Gasteiger partial charge in [0, 0.05) is 0 Å². The second-order valence-corrected chi connectivity index (χ2v) is 12.8. The molecule has 0 aromatic rings. The Morgan fingerprint density at radius 2 is 0.943 bits per heavy atom. The molecular formula is C24H50O28S. The van der Waals surface area contributed by atoms with Crippen molar-refractivity contribution in [1.29, 1.82) is 0 Å². The maximum absolute atomic E-state index is 11.5. The fraction of sp³-hybridized carbons (Fsp3) is 1.00. The molecule has 0 aromatic carbocycles. The molecule has 4 heterocycles. The third-order valence-corrected chi connectivity index (χ3v) is 8.93. The molecule has 4 aliphatic heterocycles. The minimum Gasteiger partial charge on any atom is -0.412 e. The SMILES string of the molecule is O.O.O.O.O=S(=O)(O)O[C@H]1[C@@H](O[C@]2(CO)O[C@H](CO)[C@@H](O)[C@@H]2O)O[C@H](CO[C@H]2O[C@H](CO[C@H]3O[C@H](CO)[C@H](O)[C@H](O)[C@H]3O)[C@H](O)[C@H](O)[C@H]2O)[C@@H](O)[C@@H]1O. The van der Waals surface area contributed by atoms with Gasteiger partial charge >= 0.3 is 10.4 Å². The van der Waals surface area contributed by atoms with Gasteiger partial charge < -0.3 is 121 Å². The second-order valence-electron chi connectivity index (χ2n) is 11.8. The van der Waals surface area contributed by atoms with Crippen LogP contribution in [-0.2, 0) is 47.7 Å². The van der Waals surface area contributed by atoms with Gasteiger partial charge in [-0.2, -0.15) is 8.42 Å². The first-order valence-electron chi connectivity index (χ1n) is 14.7. The lowest BCUT2D eigenvalue weighted by molar-refractivity contribution is -0.385. The smallest absolute Gasteiger partial charge is 0.397 e. The maximum atomic E-state index is 11.5. The molecule has 0 saturated carbocycles. The van der Waals surface area contributed by atoms with Crippen molar-refractivity contribution in [3.05, 3.63) is 0 Å². The molecule has 0 radical (unpaired) electrons. The molecule has 4 fully saturated rings. The van der Waals surface area contributed by atoms with Gasteiger partial charge in [0.2, 0.25) is 5.79 Å². The Labute approximate surface area is 298 Å². The van der Waals surface area contributed by atoms with Crippen LogP contribution in [0.5, 0.6) is 0 Å². The van der Waals surface area contributed by atoms with Crippen LogP contribution in [0.3, 0.4) is 0 Å². The highest BCUT2D eigenvalue weighted by Gasteiger charge is 2.59. The molecule has 29 heteroatoms. The van der Waals surface area contributed by atoms with Crippen LogP contribution in [0.25, 0.3) is 0 Å². The number of hydrogen-bond donors (Lipinski definition) is 14. The average molecular weight is 819 g/mol. The quantitative estimate of drug-likeness (QED) is 0.0767. The fourth-order valence-electron chi connectivity index (χ4n) is 5.62. The molecule has 53 heavy (non-hydrogen) atoms. The Morgan fingerprint density at radius 1 is 0.528 bits per heavy atom. The van der Waals surface area contributed by atoms with E-state index in [0.717, 1.165) is 0 Å². The fourth-order valence-corrected chi connectivity index (χ4v) is 6.11. The normalized spacial score (nSPS) is 45.9. The average Bonchev–Trinajstić information content (AvgIpc) is 3.30. The zero-order chi connectivity index (χ0) is 36.6. The van der Waals surface area contributed by atoms with E-state index in [0.29, 0.717) is 0 Å². The summed E-state index contributed by atoms with van der Waals surface area (Å²) in [4.78, 5) is 0. The second kappa shape index (κ2) is 20.9. The van der Waals surface area contributed by atoms with E-state index in [-0.39, 0.29) is 21.9 Å². The molecule has 4 aliphatic rings. The summed E-state index contributed by atoms with van der Waals surface area (Å²) in [7, 11) is -5.41. The van der Waals surface area contributed by atoms with E-state index < -0.39 is 160 Å².